The number of rotatable bonds is 7. The molecule has 3 aliphatic heterocycles. The minimum absolute atomic E-state index is 0.0964. The first kappa shape index (κ1) is 24.9. The summed E-state index contributed by atoms with van der Waals surface area (Å²) in [7, 11) is 1.98. The van der Waals surface area contributed by atoms with Crippen LogP contribution in [0.5, 0.6) is 0 Å². The third-order valence-electron chi connectivity index (χ3n) is 9.42. The molecule has 4 aliphatic rings. The molecular formula is C31H38N6O2. The number of ether oxygens (including phenoxy) is 1. The molecule has 2 aromatic heterocycles. The van der Waals surface area contributed by atoms with Crippen molar-refractivity contribution in [3.05, 3.63) is 70.6 Å². The molecule has 0 spiro atoms. The normalized spacial score (nSPS) is 23.5. The molecule has 1 aliphatic carbocycles. The van der Waals surface area contributed by atoms with Crippen molar-refractivity contribution < 1.29 is 9.53 Å². The average Bonchev–Trinajstić information content (AvgIpc) is 3.61. The van der Waals surface area contributed by atoms with Crippen molar-refractivity contribution >= 4 is 11.6 Å². The Bertz CT molecular complexity index is 1410. The van der Waals surface area contributed by atoms with Crippen LogP contribution in [0.3, 0.4) is 0 Å². The van der Waals surface area contributed by atoms with E-state index in [0.717, 1.165) is 53.5 Å². The fourth-order valence-electron chi connectivity index (χ4n) is 6.72. The predicted octanol–water partition coefficient (Wildman–Crippen LogP) is 4.55. The van der Waals surface area contributed by atoms with E-state index in [0.29, 0.717) is 31.6 Å². The van der Waals surface area contributed by atoms with Crippen LogP contribution in [0.1, 0.15) is 90.2 Å². The van der Waals surface area contributed by atoms with Crippen LogP contribution in [0.25, 0.3) is 0 Å². The first-order valence-electron chi connectivity index (χ1n) is 14.5. The maximum atomic E-state index is 14.0. The number of aryl methyl sites for hydroxylation is 1. The third-order valence-corrected chi connectivity index (χ3v) is 9.42. The summed E-state index contributed by atoms with van der Waals surface area (Å²) >= 11 is 0. The van der Waals surface area contributed by atoms with Gasteiger partial charge in [-0.05, 0) is 68.8 Å². The zero-order chi connectivity index (χ0) is 26.7. The number of hydrogen-bond donors (Lipinski definition) is 0. The molecule has 0 N–H and O–H groups in total. The lowest BCUT2D eigenvalue weighted by Gasteiger charge is -2.42. The fraction of sp³-hybridized carbons (Fsp3) is 0.548. The highest BCUT2D eigenvalue weighted by atomic mass is 16.5. The van der Waals surface area contributed by atoms with E-state index in [9.17, 15) is 4.79 Å². The van der Waals surface area contributed by atoms with Gasteiger partial charge in [-0.15, -0.1) is 10.2 Å². The Kier molecular flexibility index (Phi) is 6.08. The van der Waals surface area contributed by atoms with Crippen molar-refractivity contribution in [2.45, 2.75) is 69.9 Å². The van der Waals surface area contributed by atoms with Crippen LogP contribution < -0.4 is 4.90 Å². The topological polar surface area (TPSA) is 76.4 Å². The molecular weight excluding hydrogens is 488 g/mol. The van der Waals surface area contributed by atoms with Gasteiger partial charge in [0.05, 0.1) is 25.5 Å². The van der Waals surface area contributed by atoms with Crippen LogP contribution in [-0.2, 0) is 30.2 Å². The lowest BCUT2D eigenvalue weighted by molar-refractivity contribution is -0.0611. The summed E-state index contributed by atoms with van der Waals surface area (Å²) < 4.78 is 7.68. The van der Waals surface area contributed by atoms with Crippen molar-refractivity contribution in [1.29, 1.82) is 0 Å². The van der Waals surface area contributed by atoms with Gasteiger partial charge in [0.15, 0.2) is 0 Å². The van der Waals surface area contributed by atoms with Gasteiger partial charge in [0.2, 0.25) is 0 Å². The van der Waals surface area contributed by atoms with Crippen LogP contribution in [0, 0.1) is 5.92 Å². The van der Waals surface area contributed by atoms with Gasteiger partial charge in [0.1, 0.15) is 12.2 Å². The number of carbonyl (C=O) groups excluding carboxylic acids is 1. The Labute approximate surface area is 230 Å². The Hall–Kier alpha value is -3.10. The van der Waals surface area contributed by atoms with Gasteiger partial charge in [-0.3, -0.25) is 14.7 Å². The van der Waals surface area contributed by atoms with E-state index in [4.69, 9.17) is 9.72 Å². The van der Waals surface area contributed by atoms with Gasteiger partial charge >= 0.3 is 0 Å². The minimum Gasteiger partial charge on any atom is -0.379 e. The number of piperidine rings is 1. The molecule has 1 saturated carbocycles. The summed E-state index contributed by atoms with van der Waals surface area (Å²) in [6, 6.07) is 10.8. The van der Waals surface area contributed by atoms with E-state index in [-0.39, 0.29) is 17.4 Å². The van der Waals surface area contributed by atoms with Crippen molar-refractivity contribution in [2.24, 2.45) is 13.0 Å². The van der Waals surface area contributed by atoms with E-state index in [1.54, 1.807) is 6.33 Å². The number of anilines is 1. The standard InChI is InChI=1S/C31H38N6O2/c1-20-6-5-11-36(15-20)21(2)27-13-25-26(29(33-27)22-9-10-22)16-37(30(25)38)24-8-4-7-23(12-24)31(17-39-18-31)14-28-34-32-19-35(28)3/h4,7-8,12-13,19-22H,5-6,9-11,14-18H2,1-3H3/t20-,21+/m0/s1. The number of fused-ring (bicyclic) bond motifs is 1. The van der Waals surface area contributed by atoms with Crippen LogP contribution in [0.2, 0.25) is 0 Å². The van der Waals surface area contributed by atoms with Crippen molar-refractivity contribution in [3.8, 4) is 0 Å². The number of amides is 1. The second-order valence-corrected chi connectivity index (χ2v) is 12.4. The summed E-state index contributed by atoms with van der Waals surface area (Å²) in [5, 5.41) is 8.38. The molecule has 2 saturated heterocycles. The van der Waals surface area contributed by atoms with E-state index >= 15 is 0 Å². The summed E-state index contributed by atoms with van der Waals surface area (Å²) in [6.45, 7) is 8.70. The van der Waals surface area contributed by atoms with Gasteiger partial charge in [-0.1, -0.05) is 19.1 Å². The smallest absolute Gasteiger partial charge is 0.259 e. The highest BCUT2D eigenvalue weighted by Gasteiger charge is 2.43. The average molecular weight is 527 g/mol. The highest BCUT2D eigenvalue weighted by Crippen LogP contribution is 2.45. The number of pyridine rings is 1. The maximum Gasteiger partial charge on any atom is 0.259 e. The SMILES string of the molecule is C[C@H]1CCCN([C@H](C)c2cc3c(c(C4CC4)n2)CN(c2cccc(C4(Cc5nncn5C)COC4)c2)C3=O)C1. The van der Waals surface area contributed by atoms with Crippen molar-refractivity contribution in [2.75, 3.05) is 31.2 Å². The number of aromatic nitrogens is 4. The van der Waals surface area contributed by atoms with Gasteiger partial charge in [-0.2, -0.15) is 0 Å². The highest BCUT2D eigenvalue weighted by molar-refractivity contribution is 6.10. The Balaban J connectivity index is 1.19. The molecule has 8 nitrogen and oxygen atoms in total. The maximum absolute atomic E-state index is 14.0. The van der Waals surface area contributed by atoms with E-state index in [1.807, 2.05) is 16.5 Å². The van der Waals surface area contributed by atoms with Crippen molar-refractivity contribution in [3.63, 3.8) is 0 Å². The first-order chi connectivity index (χ1) is 18.9. The van der Waals surface area contributed by atoms with Gasteiger partial charge in [0, 0.05) is 59.9 Å². The third kappa shape index (κ3) is 4.38. The van der Waals surface area contributed by atoms with Crippen LogP contribution in [0.15, 0.2) is 36.7 Å². The first-order valence-corrected chi connectivity index (χ1v) is 14.5. The molecule has 3 fully saturated rings. The molecule has 2 atom stereocenters. The molecule has 1 aromatic carbocycles. The molecule has 0 radical (unpaired) electrons. The van der Waals surface area contributed by atoms with Gasteiger partial charge in [0.25, 0.3) is 5.91 Å². The Morgan fingerprint density at radius 2 is 2.03 bits per heavy atom. The summed E-state index contributed by atoms with van der Waals surface area (Å²) in [6.07, 6.45) is 7.38. The zero-order valence-electron chi connectivity index (χ0n) is 23.3. The molecule has 204 valence electrons. The number of nitrogens with zero attached hydrogens (tertiary/aromatic N) is 6. The fourth-order valence-corrected chi connectivity index (χ4v) is 6.72. The second kappa shape index (κ2) is 9.52. The molecule has 8 heteroatoms. The largest absolute Gasteiger partial charge is 0.379 e. The van der Waals surface area contributed by atoms with Crippen LogP contribution >= 0.6 is 0 Å². The van der Waals surface area contributed by atoms with Gasteiger partial charge in [-0.25, -0.2) is 0 Å². The lowest BCUT2D eigenvalue weighted by Crippen LogP contribution is -2.49. The zero-order valence-corrected chi connectivity index (χ0v) is 23.3. The molecule has 7 rings (SSSR count). The van der Waals surface area contributed by atoms with E-state index < -0.39 is 0 Å². The predicted molar refractivity (Wildman–Crippen MR) is 149 cm³/mol. The molecule has 1 amide bonds. The van der Waals surface area contributed by atoms with Crippen LogP contribution in [-0.4, -0.2) is 56.9 Å². The quantitative estimate of drug-likeness (QED) is 0.450. The molecule has 5 heterocycles. The monoisotopic (exact) mass is 526 g/mol. The van der Waals surface area contributed by atoms with Crippen LogP contribution in [0.4, 0.5) is 5.69 Å². The number of hydrogen-bond acceptors (Lipinski definition) is 6. The van der Waals surface area contributed by atoms with Crippen molar-refractivity contribution in [1.82, 2.24) is 24.6 Å². The second-order valence-electron chi connectivity index (χ2n) is 12.4. The number of likely N-dealkylation sites (tertiary alicyclic amines) is 1. The Morgan fingerprint density at radius 1 is 1.18 bits per heavy atom. The lowest BCUT2D eigenvalue weighted by atomic mass is 9.75. The minimum atomic E-state index is -0.151. The molecule has 0 unspecified atom stereocenters. The molecule has 0 bridgehead atoms. The summed E-state index contributed by atoms with van der Waals surface area (Å²) in [4.78, 5) is 23.7. The summed E-state index contributed by atoms with van der Waals surface area (Å²) in [5.74, 6) is 2.24. The van der Waals surface area contributed by atoms with E-state index in [2.05, 4.69) is 59.3 Å². The summed E-state index contributed by atoms with van der Waals surface area (Å²) in [5.41, 5.74) is 6.19. The Morgan fingerprint density at radius 3 is 2.72 bits per heavy atom. The number of carbonyl (C=O) groups is 1. The number of benzene rings is 1. The van der Waals surface area contributed by atoms with E-state index in [1.165, 1.54) is 31.2 Å². The molecule has 39 heavy (non-hydrogen) atoms. The van der Waals surface area contributed by atoms with Gasteiger partial charge < -0.3 is 14.2 Å². The molecule has 3 aromatic rings.